The van der Waals surface area contributed by atoms with Crippen molar-refractivity contribution in [3.05, 3.63) is 34.9 Å². The highest BCUT2D eigenvalue weighted by molar-refractivity contribution is 6.01. The van der Waals surface area contributed by atoms with Crippen molar-refractivity contribution in [3.63, 3.8) is 0 Å². The van der Waals surface area contributed by atoms with Gasteiger partial charge in [0.2, 0.25) is 70.9 Å². The minimum Gasteiger partial charge on any atom is -0.378 e. The summed E-state index contributed by atoms with van der Waals surface area (Å²) in [6.45, 7) is 4.01. The molecular formula is C72H107F7N12O13. The van der Waals surface area contributed by atoms with E-state index in [0.29, 0.717) is 74.8 Å². The van der Waals surface area contributed by atoms with Gasteiger partial charge in [0.05, 0.1) is 45.8 Å². The second kappa shape index (κ2) is 36.1. The fourth-order valence-corrected chi connectivity index (χ4v) is 15.6. The number of nitrogens with zero attached hydrogens (tertiary/aromatic N) is 9. The molecule has 1 aromatic rings. The van der Waals surface area contributed by atoms with Crippen LogP contribution in [0.2, 0.25) is 0 Å². The maximum atomic E-state index is 16.2. The van der Waals surface area contributed by atoms with Gasteiger partial charge in [-0.3, -0.25) is 57.5 Å². The van der Waals surface area contributed by atoms with Crippen molar-refractivity contribution in [2.24, 2.45) is 23.7 Å². The number of ether oxygens (including phenoxy) is 1. The van der Waals surface area contributed by atoms with Gasteiger partial charge in [-0.1, -0.05) is 98.3 Å². The Kier molecular flexibility index (Phi) is 29.0. The van der Waals surface area contributed by atoms with Crippen LogP contribution in [0.3, 0.4) is 0 Å². The van der Waals surface area contributed by atoms with Crippen LogP contribution in [0.5, 0.6) is 0 Å². The number of morpholine rings is 1. The number of likely N-dealkylation sites (N-methyl/N-ethyl adjacent to an activating group) is 7. The first kappa shape index (κ1) is 83.6. The van der Waals surface area contributed by atoms with Crippen LogP contribution in [0.15, 0.2) is 12.1 Å². The van der Waals surface area contributed by atoms with Crippen molar-refractivity contribution in [1.29, 1.82) is 0 Å². The van der Waals surface area contributed by atoms with Gasteiger partial charge in [-0.25, -0.2) is 17.6 Å². The van der Waals surface area contributed by atoms with Gasteiger partial charge < -0.3 is 64.8 Å². The van der Waals surface area contributed by atoms with E-state index in [-0.39, 0.29) is 63.8 Å². The van der Waals surface area contributed by atoms with E-state index < -0.39 is 217 Å². The molecule has 3 N–H and O–H groups in total. The number of halogens is 7. The van der Waals surface area contributed by atoms with E-state index in [9.17, 15) is 41.9 Å². The molecule has 3 heterocycles. The standard InChI is InChI=1S/C72H107F7N12O13/c1-12-44(4)60-67(101)85(7)40-57(94)83(5)41-58(95)87(9)52(36-45-21-15-13-16-22-45)65(99)84(6)39-55(92)80-50(26-25-46-34-48(73)59(49(74)35-46)72(77,78)79)64(98)91-42-71(75,76)38-54(91)63(97)82-70(27-19-20-28-70)69(103)89(11)61(47-23-17-14-18-24-47)68(102)88(10)53(66(100)90-29-31-104-32-30-90)37-56(93)86(8)51(33-43(2)3)62(96)81-60/h34-35,43-45,47,50-54,60-61H,12-33,36-42H2,1-11H3,(H,80,92)(H,81,96)(H,82,97)/t44-,50-,51-,52-,53-,54?,60-,61-/m0/s1. The lowest BCUT2D eigenvalue weighted by Gasteiger charge is -2.43. The fourth-order valence-electron chi connectivity index (χ4n) is 15.6. The largest absolute Gasteiger partial charge is 0.422 e. The number of amides is 12. The SMILES string of the molecule is CC[C@H](C)[C@@H]1NC(=O)[C@H](CC(C)C)N(C)C(=O)C[C@@H](C(=O)N2CCOCC2)N(C)C(=O)[C@H](C2CCCCC2)N(C)C(=O)C2(CCCC2)NC(=O)C2CC(F)(F)CN2C(=O)[C@H](CCc2cc(F)c(C(F)(F)F)c(F)c2)NC(=O)CN(C)C(=O)[C@H](CC2CCCCC2)N(C)C(=O)CN(C)C(=O)CN(C)C1=O. The van der Waals surface area contributed by atoms with Gasteiger partial charge >= 0.3 is 6.18 Å². The van der Waals surface area contributed by atoms with Gasteiger partial charge in [0.15, 0.2) is 0 Å². The first-order chi connectivity index (χ1) is 48.8. The molecule has 3 aliphatic heterocycles. The molecule has 1 aromatic carbocycles. The van der Waals surface area contributed by atoms with Crippen LogP contribution in [0, 0.1) is 35.3 Å². The van der Waals surface area contributed by atoms with Crippen LogP contribution in [0.4, 0.5) is 30.7 Å². The van der Waals surface area contributed by atoms with Crippen LogP contribution in [0.25, 0.3) is 0 Å². The topological polar surface area (TPSA) is 279 Å². The number of benzene rings is 1. The number of alkyl halides is 5. The summed E-state index contributed by atoms with van der Waals surface area (Å²) in [5.41, 5.74) is -4.58. The van der Waals surface area contributed by atoms with Gasteiger partial charge in [-0.15, -0.1) is 0 Å². The maximum absolute atomic E-state index is 16.2. The van der Waals surface area contributed by atoms with Crippen molar-refractivity contribution in [3.8, 4) is 0 Å². The summed E-state index contributed by atoms with van der Waals surface area (Å²) in [5, 5.41) is 7.98. The zero-order valence-corrected chi connectivity index (χ0v) is 62.0. The Morgan fingerprint density at radius 2 is 1.21 bits per heavy atom. The normalized spacial score (nSPS) is 26.9. The van der Waals surface area contributed by atoms with Crippen LogP contribution in [-0.4, -0.2) is 271 Å². The maximum Gasteiger partial charge on any atom is 0.422 e. The van der Waals surface area contributed by atoms with E-state index in [2.05, 4.69) is 16.0 Å². The zero-order chi connectivity index (χ0) is 77.0. The van der Waals surface area contributed by atoms with E-state index in [1.165, 1.54) is 64.0 Å². The molecule has 3 saturated carbocycles. The van der Waals surface area contributed by atoms with Gasteiger partial charge in [0, 0.05) is 68.8 Å². The fraction of sp³-hybridized carbons (Fsp3) is 0.750. The summed E-state index contributed by atoms with van der Waals surface area (Å²) in [6.07, 6.45) is -1.16. The monoisotopic (exact) mass is 1480 g/mol. The first-order valence-electron chi connectivity index (χ1n) is 36.6. The van der Waals surface area contributed by atoms with Crippen molar-refractivity contribution in [2.75, 3.05) is 102 Å². The summed E-state index contributed by atoms with van der Waals surface area (Å²) in [5.74, 6) is -19.7. The van der Waals surface area contributed by atoms with Crippen molar-refractivity contribution in [1.82, 2.24) is 60.0 Å². The molecule has 8 atom stereocenters. The molecule has 3 aliphatic carbocycles. The predicted molar refractivity (Wildman–Crippen MR) is 366 cm³/mol. The van der Waals surface area contributed by atoms with Gasteiger partial charge in [-0.05, 0) is 92.7 Å². The third-order valence-electron chi connectivity index (χ3n) is 22.1. The zero-order valence-electron chi connectivity index (χ0n) is 62.0. The number of carbonyl (C=O) groups is 12. The molecule has 6 aliphatic rings. The predicted octanol–water partition coefficient (Wildman–Crippen LogP) is 5.14. The third-order valence-corrected chi connectivity index (χ3v) is 22.1. The average Bonchev–Trinajstić information content (AvgIpc) is 1.62. The summed E-state index contributed by atoms with van der Waals surface area (Å²) in [6, 6.07) is -10.1. The Morgan fingerprint density at radius 3 is 1.79 bits per heavy atom. The molecule has 7 rings (SSSR count). The molecular weight excluding hydrogens is 1370 g/mol. The summed E-state index contributed by atoms with van der Waals surface area (Å²) in [7, 11) is 9.25. The highest BCUT2D eigenvalue weighted by Crippen LogP contribution is 2.40. The highest BCUT2D eigenvalue weighted by atomic mass is 19.4. The molecule has 3 saturated heterocycles. The lowest BCUT2D eigenvalue weighted by atomic mass is 9.81. The first-order valence-corrected chi connectivity index (χ1v) is 36.6. The third kappa shape index (κ3) is 20.7. The molecule has 1 unspecified atom stereocenters. The van der Waals surface area contributed by atoms with Gasteiger partial charge in [-0.2, -0.15) is 13.2 Å². The number of aryl methyl sites for hydroxylation is 1. The summed E-state index contributed by atoms with van der Waals surface area (Å²) < 4.78 is 109. The van der Waals surface area contributed by atoms with Crippen molar-refractivity contribution in [2.45, 2.75) is 222 Å². The Hall–Kier alpha value is -7.67. The smallest absolute Gasteiger partial charge is 0.378 e. The van der Waals surface area contributed by atoms with E-state index >= 15 is 46.3 Å². The second-order valence-corrected chi connectivity index (χ2v) is 30.2. The van der Waals surface area contributed by atoms with Crippen LogP contribution in [0.1, 0.15) is 167 Å². The number of hydrogen-bond acceptors (Lipinski definition) is 13. The van der Waals surface area contributed by atoms with E-state index in [0.717, 1.165) is 50.2 Å². The minimum absolute atomic E-state index is 0.0564. The number of hydrogen-bond donors (Lipinski definition) is 3. The molecule has 582 valence electrons. The second-order valence-electron chi connectivity index (χ2n) is 30.2. The number of carbonyl (C=O) groups excluding carboxylic acids is 12. The van der Waals surface area contributed by atoms with E-state index in [1.807, 2.05) is 13.8 Å². The summed E-state index contributed by atoms with van der Waals surface area (Å²) in [4.78, 5) is 189. The number of nitrogens with one attached hydrogen (secondary N) is 3. The molecule has 1 spiro atoms. The molecule has 25 nitrogen and oxygen atoms in total. The van der Waals surface area contributed by atoms with Crippen molar-refractivity contribution < 1.29 is 93.0 Å². The minimum atomic E-state index is -5.47. The van der Waals surface area contributed by atoms with Crippen LogP contribution in [-0.2, 0) is 74.9 Å². The number of fused-ring (bicyclic) bond motifs is 1. The lowest BCUT2D eigenvalue weighted by Crippen LogP contribution is -2.65. The van der Waals surface area contributed by atoms with E-state index in [1.54, 1.807) is 13.8 Å². The number of rotatable bonds is 11. The molecule has 0 bridgehead atoms. The molecule has 0 radical (unpaired) electrons. The molecule has 6 fully saturated rings. The van der Waals surface area contributed by atoms with Crippen LogP contribution < -0.4 is 16.0 Å². The van der Waals surface area contributed by atoms with Gasteiger partial charge in [0.25, 0.3) is 5.92 Å². The average molecular weight is 1480 g/mol. The molecule has 12 amide bonds. The molecule has 32 heteroatoms. The van der Waals surface area contributed by atoms with Crippen molar-refractivity contribution >= 4 is 70.9 Å². The quantitative estimate of drug-likeness (QED) is 0.243. The Morgan fingerprint density at radius 1 is 0.644 bits per heavy atom. The molecule has 104 heavy (non-hydrogen) atoms. The Balaban J connectivity index is 1.32. The Labute approximate surface area is 604 Å². The molecule has 0 aromatic heterocycles. The Bertz CT molecular complexity index is 3260. The summed E-state index contributed by atoms with van der Waals surface area (Å²) >= 11 is 0. The van der Waals surface area contributed by atoms with Crippen LogP contribution >= 0.6 is 0 Å². The highest BCUT2D eigenvalue weighted by Gasteiger charge is 2.55. The van der Waals surface area contributed by atoms with Gasteiger partial charge in [0.1, 0.15) is 65.0 Å². The lowest BCUT2D eigenvalue weighted by molar-refractivity contribution is -0.158. The van der Waals surface area contributed by atoms with E-state index in [4.69, 9.17) is 4.74 Å².